The monoisotopic (exact) mass is 415 g/mol. The number of pyridine rings is 1. The molecule has 0 radical (unpaired) electrons. The van der Waals surface area contributed by atoms with E-state index in [0.717, 1.165) is 0 Å². The van der Waals surface area contributed by atoms with Crippen LogP contribution in [-0.2, 0) is 16.1 Å². The van der Waals surface area contributed by atoms with Gasteiger partial charge in [0.15, 0.2) is 0 Å². The fourth-order valence-corrected chi connectivity index (χ4v) is 3.40. The van der Waals surface area contributed by atoms with Crippen LogP contribution in [0.25, 0.3) is 5.57 Å². The molecule has 2 aromatic carbocycles. The van der Waals surface area contributed by atoms with E-state index in [1.54, 1.807) is 68.9 Å². The van der Waals surface area contributed by atoms with E-state index in [1.165, 1.54) is 4.90 Å². The second-order valence-electron chi connectivity index (χ2n) is 6.82. The summed E-state index contributed by atoms with van der Waals surface area (Å²) in [5.41, 5.74) is 2.30. The van der Waals surface area contributed by atoms with Crippen molar-refractivity contribution in [1.29, 1.82) is 0 Å². The molecule has 31 heavy (non-hydrogen) atoms. The third kappa shape index (κ3) is 3.98. The van der Waals surface area contributed by atoms with Crippen LogP contribution in [0.5, 0.6) is 11.5 Å². The van der Waals surface area contributed by atoms with Crippen LogP contribution in [0.2, 0.25) is 0 Å². The van der Waals surface area contributed by atoms with Crippen LogP contribution in [0, 0.1) is 0 Å². The molecule has 0 fully saturated rings. The Morgan fingerprint density at radius 1 is 0.871 bits per heavy atom. The van der Waals surface area contributed by atoms with Gasteiger partial charge in [0.25, 0.3) is 11.8 Å². The predicted octanol–water partition coefficient (Wildman–Crippen LogP) is 3.49. The summed E-state index contributed by atoms with van der Waals surface area (Å²) in [4.78, 5) is 32.1. The van der Waals surface area contributed by atoms with E-state index in [0.29, 0.717) is 28.4 Å². The van der Waals surface area contributed by atoms with E-state index in [-0.39, 0.29) is 17.8 Å². The highest BCUT2D eigenvalue weighted by Gasteiger charge is 2.39. The normalized spacial score (nSPS) is 13.5. The van der Waals surface area contributed by atoms with E-state index < -0.39 is 11.8 Å². The van der Waals surface area contributed by atoms with Crippen molar-refractivity contribution in [3.63, 3.8) is 0 Å². The molecule has 0 aliphatic carbocycles. The minimum atomic E-state index is -0.424. The zero-order chi connectivity index (χ0) is 21.8. The second-order valence-corrected chi connectivity index (χ2v) is 6.82. The standard InChI is InChI=1S/C24H21N3O4/c1-30-18-12-10-16(11-13-18)21-22(26-19-8-3-4-9-20(19)31-2)24(29)27(23(21)28)15-17-7-5-6-14-25-17/h3-14,26H,15H2,1-2H3. The van der Waals surface area contributed by atoms with Crippen LogP contribution in [0.3, 0.4) is 0 Å². The molecule has 4 rings (SSSR count). The van der Waals surface area contributed by atoms with Gasteiger partial charge in [0.05, 0.1) is 37.7 Å². The van der Waals surface area contributed by atoms with Crippen molar-refractivity contribution in [1.82, 2.24) is 9.88 Å². The summed E-state index contributed by atoms with van der Waals surface area (Å²) in [6.45, 7) is 0.0786. The first-order valence-corrected chi connectivity index (χ1v) is 9.67. The molecule has 7 heteroatoms. The number of rotatable bonds is 7. The lowest BCUT2D eigenvalue weighted by Gasteiger charge is -2.15. The predicted molar refractivity (Wildman–Crippen MR) is 116 cm³/mol. The van der Waals surface area contributed by atoms with Gasteiger partial charge in [-0.1, -0.05) is 30.3 Å². The van der Waals surface area contributed by atoms with Crippen LogP contribution in [-0.4, -0.2) is 35.9 Å². The Balaban J connectivity index is 1.76. The molecule has 0 saturated carbocycles. The Bertz CT molecular complexity index is 1140. The highest BCUT2D eigenvalue weighted by atomic mass is 16.5. The van der Waals surface area contributed by atoms with Gasteiger partial charge >= 0.3 is 0 Å². The number of carbonyl (C=O) groups excluding carboxylic acids is 2. The minimum Gasteiger partial charge on any atom is -0.497 e. The van der Waals surface area contributed by atoms with Gasteiger partial charge in [0.1, 0.15) is 17.2 Å². The Morgan fingerprint density at radius 3 is 2.29 bits per heavy atom. The van der Waals surface area contributed by atoms with Gasteiger partial charge in [-0.2, -0.15) is 0 Å². The van der Waals surface area contributed by atoms with E-state index in [9.17, 15) is 9.59 Å². The zero-order valence-electron chi connectivity index (χ0n) is 17.2. The molecular weight excluding hydrogens is 394 g/mol. The summed E-state index contributed by atoms with van der Waals surface area (Å²) in [5.74, 6) is 0.406. The van der Waals surface area contributed by atoms with Crippen molar-refractivity contribution in [3.8, 4) is 11.5 Å². The van der Waals surface area contributed by atoms with Crippen LogP contribution in [0.15, 0.2) is 78.6 Å². The molecule has 7 nitrogen and oxygen atoms in total. The fourth-order valence-electron chi connectivity index (χ4n) is 3.40. The Kier molecular flexibility index (Phi) is 5.66. The highest BCUT2D eigenvalue weighted by Crippen LogP contribution is 2.34. The molecule has 1 aromatic heterocycles. The number of amides is 2. The number of anilines is 1. The average molecular weight is 415 g/mol. The lowest BCUT2D eigenvalue weighted by atomic mass is 10.0. The third-order valence-electron chi connectivity index (χ3n) is 4.96. The molecule has 1 N–H and O–H groups in total. The molecule has 0 bridgehead atoms. The third-order valence-corrected chi connectivity index (χ3v) is 4.96. The molecule has 0 saturated heterocycles. The van der Waals surface area contributed by atoms with Gasteiger partial charge in [-0.3, -0.25) is 19.5 Å². The fraction of sp³-hybridized carbons (Fsp3) is 0.125. The summed E-state index contributed by atoms with van der Waals surface area (Å²) < 4.78 is 10.6. The maximum absolute atomic E-state index is 13.3. The van der Waals surface area contributed by atoms with E-state index in [2.05, 4.69) is 10.3 Å². The van der Waals surface area contributed by atoms with Crippen LogP contribution >= 0.6 is 0 Å². The number of para-hydroxylation sites is 2. The van der Waals surface area contributed by atoms with Crippen LogP contribution in [0.4, 0.5) is 5.69 Å². The average Bonchev–Trinajstić information content (AvgIpc) is 3.04. The number of methoxy groups -OCH3 is 2. The van der Waals surface area contributed by atoms with Crippen LogP contribution < -0.4 is 14.8 Å². The highest BCUT2D eigenvalue weighted by molar-refractivity contribution is 6.36. The first-order valence-electron chi connectivity index (χ1n) is 9.67. The molecule has 1 aliphatic heterocycles. The number of aromatic nitrogens is 1. The minimum absolute atomic E-state index is 0.0786. The number of nitrogens with zero attached hydrogens (tertiary/aromatic N) is 2. The SMILES string of the molecule is COc1ccc(C2=C(Nc3ccccc3OC)C(=O)N(Cc3ccccn3)C2=O)cc1. The number of imide groups is 1. The van der Waals surface area contributed by atoms with Gasteiger partial charge in [-0.15, -0.1) is 0 Å². The molecule has 2 heterocycles. The number of ether oxygens (including phenoxy) is 2. The van der Waals surface area contributed by atoms with Gasteiger partial charge < -0.3 is 14.8 Å². The summed E-state index contributed by atoms with van der Waals surface area (Å²) in [7, 11) is 3.12. The second kappa shape index (κ2) is 8.71. The van der Waals surface area contributed by atoms with Crippen molar-refractivity contribution in [2.24, 2.45) is 0 Å². The van der Waals surface area contributed by atoms with Crippen molar-refractivity contribution in [2.75, 3.05) is 19.5 Å². The molecule has 0 unspecified atom stereocenters. The summed E-state index contributed by atoms with van der Waals surface area (Å²) in [5, 5.41) is 3.12. The van der Waals surface area contributed by atoms with E-state index >= 15 is 0 Å². The molecule has 0 atom stereocenters. The number of carbonyl (C=O) groups is 2. The summed E-state index contributed by atoms with van der Waals surface area (Å²) >= 11 is 0. The quantitative estimate of drug-likeness (QED) is 0.595. The molecule has 1 aliphatic rings. The Labute approximate surface area is 179 Å². The number of hydrogen-bond acceptors (Lipinski definition) is 6. The number of hydrogen-bond donors (Lipinski definition) is 1. The van der Waals surface area contributed by atoms with Crippen molar-refractivity contribution in [3.05, 3.63) is 89.9 Å². The first-order chi connectivity index (χ1) is 15.1. The lowest BCUT2D eigenvalue weighted by Crippen LogP contribution is -2.32. The maximum Gasteiger partial charge on any atom is 0.278 e. The number of nitrogens with one attached hydrogen (secondary N) is 1. The smallest absolute Gasteiger partial charge is 0.278 e. The zero-order valence-corrected chi connectivity index (χ0v) is 17.2. The Morgan fingerprint density at radius 2 is 1.61 bits per heavy atom. The molecule has 3 aromatic rings. The largest absolute Gasteiger partial charge is 0.497 e. The molecule has 156 valence electrons. The van der Waals surface area contributed by atoms with Gasteiger partial charge in [0.2, 0.25) is 0 Å². The molecular formula is C24H21N3O4. The first kappa shape index (κ1) is 20.2. The molecule has 2 amide bonds. The van der Waals surface area contributed by atoms with Crippen molar-refractivity contribution in [2.45, 2.75) is 6.54 Å². The summed E-state index contributed by atoms with van der Waals surface area (Å²) in [6.07, 6.45) is 1.63. The number of benzene rings is 2. The Hall–Kier alpha value is -4.13. The van der Waals surface area contributed by atoms with Crippen molar-refractivity contribution < 1.29 is 19.1 Å². The van der Waals surface area contributed by atoms with Gasteiger partial charge in [0, 0.05) is 6.20 Å². The van der Waals surface area contributed by atoms with Gasteiger partial charge in [-0.05, 0) is 42.0 Å². The van der Waals surface area contributed by atoms with Gasteiger partial charge in [-0.25, -0.2) is 0 Å². The summed E-state index contributed by atoms with van der Waals surface area (Å²) in [6, 6.07) is 19.6. The lowest BCUT2D eigenvalue weighted by molar-refractivity contribution is -0.137. The van der Waals surface area contributed by atoms with Crippen LogP contribution in [0.1, 0.15) is 11.3 Å². The molecule has 0 spiro atoms. The van der Waals surface area contributed by atoms with E-state index in [4.69, 9.17) is 9.47 Å². The van der Waals surface area contributed by atoms with Crippen molar-refractivity contribution >= 4 is 23.1 Å². The maximum atomic E-state index is 13.3. The topological polar surface area (TPSA) is 80.8 Å². The van der Waals surface area contributed by atoms with E-state index in [1.807, 2.05) is 18.2 Å².